The van der Waals surface area contributed by atoms with Crippen molar-refractivity contribution in [2.45, 2.75) is 17.9 Å². The van der Waals surface area contributed by atoms with Gasteiger partial charge in [-0.05, 0) is 53.1 Å². The highest BCUT2D eigenvalue weighted by Gasteiger charge is 2.08. The maximum absolute atomic E-state index is 12.5. The van der Waals surface area contributed by atoms with Gasteiger partial charge >= 0.3 is 0 Å². The predicted octanol–water partition coefficient (Wildman–Crippen LogP) is 5.11. The standard InChI is InChI=1S/C26H24N2O2S/c29-26(18-21-11-13-25(14-12-21)28-15-4-5-16-28)27-24-10-6-9-23(17-24)20-31(30)19-22-7-2-1-3-8-22/h1-17H,18-20H2,(H,27,29). The Hall–Kier alpha value is -3.44. The van der Waals surface area contributed by atoms with E-state index in [1.54, 1.807) is 0 Å². The molecule has 1 heterocycles. The van der Waals surface area contributed by atoms with Crippen LogP contribution in [0.2, 0.25) is 0 Å². The smallest absolute Gasteiger partial charge is 0.228 e. The summed E-state index contributed by atoms with van der Waals surface area (Å²) in [6, 6.07) is 29.3. The van der Waals surface area contributed by atoms with Crippen molar-refractivity contribution in [2.24, 2.45) is 0 Å². The third-order valence-electron chi connectivity index (χ3n) is 4.91. The molecule has 156 valence electrons. The largest absolute Gasteiger partial charge is 0.326 e. The van der Waals surface area contributed by atoms with Gasteiger partial charge in [0.1, 0.15) is 0 Å². The van der Waals surface area contributed by atoms with Gasteiger partial charge in [0, 0.05) is 46.1 Å². The zero-order valence-electron chi connectivity index (χ0n) is 17.1. The molecular formula is C26H24N2O2S. The molecule has 0 saturated heterocycles. The number of hydrogen-bond donors (Lipinski definition) is 1. The van der Waals surface area contributed by atoms with E-state index in [0.717, 1.165) is 28.1 Å². The van der Waals surface area contributed by atoms with E-state index < -0.39 is 10.8 Å². The van der Waals surface area contributed by atoms with E-state index in [1.165, 1.54) is 0 Å². The number of carbonyl (C=O) groups excluding carboxylic acids is 1. The Kier molecular flexibility index (Phi) is 6.75. The maximum Gasteiger partial charge on any atom is 0.228 e. The van der Waals surface area contributed by atoms with E-state index in [-0.39, 0.29) is 5.91 Å². The van der Waals surface area contributed by atoms with E-state index >= 15 is 0 Å². The highest BCUT2D eigenvalue weighted by molar-refractivity contribution is 7.83. The molecule has 0 radical (unpaired) electrons. The summed E-state index contributed by atoms with van der Waals surface area (Å²) in [6.07, 6.45) is 4.28. The van der Waals surface area contributed by atoms with Crippen molar-refractivity contribution in [1.82, 2.24) is 4.57 Å². The molecule has 1 N–H and O–H groups in total. The fourth-order valence-electron chi connectivity index (χ4n) is 3.42. The normalized spacial score (nSPS) is 11.7. The van der Waals surface area contributed by atoms with Gasteiger partial charge in [-0.1, -0.05) is 54.6 Å². The van der Waals surface area contributed by atoms with Gasteiger partial charge < -0.3 is 9.88 Å². The molecule has 31 heavy (non-hydrogen) atoms. The van der Waals surface area contributed by atoms with Gasteiger partial charge in [-0.25, -0.2) is 0 Å². The Balaban J connectivity index is 1.32. The molecule has 1 aromatic heterocycles. The molecule has 1 amide bonds. The summed E-state index contributed by atoms with van der Waals surface area (Å²) in [5.74, 6) is 0.909. The molecule has 0 aliphatic carbocycles. The lowest BCUT2D eigenvalue weighted by Crippen LogP contribution is -2.14. The van der Waals surface area contributed by atoms with Crippen LogP contribution in [0, 0.1) is 0 Å². The van der Waals surface area contributed by atoms with Crippen LogP contribution < -0.4 is 5.32 Å². The molecule has 1 atom stereocenters. The molecule has 4 nitrogen and oxygen atoms in total. The van der Waals surface area contributed by atoms with Crippen molar-refractivity contribution in [3.8, 4) is 5.69 Å². The average molecular weight is 429 g/mol. The van der Waals surface area contributed by atoms with E-state index in [4.69, 9.17) is 0 Å². The average Bonchev–Trinajstić information content (AvgIpc) is 3.30. The first kappa shape index (κ1) is 20.8. The third-order valence-corrected chi connectivity index (χ3v) is 6.22. The van der Waals surface area contributed by atoms with E-state index in [0.29, 0.717) is 17.9 Å². The van der Waals surface area contributed by atoms with Crippen LogP contribution in [-0.4, -0.2) is 14.7 Å². The minimum absolute atomic E-state index is 0.0729. The van der Waals surface area contributed by atoms with Crippen LogP contribution in [0.5, 0.6) is 0 Å². The molecule has 0 aliphatic rings. The van der Waals surface area contributed by atoms with Crippen molar-refractivity contribution in [2.75, 3.05) is 5.32 Å². The van der Waals surface area contributed by atoms with Crippen molar-refractivity contribution in [3.63, 3.8) is 0 Å². The highest BCUT2D eigenvalue weighted by atomic mass is 32.2. The fourth-order valence-corrected chi connectivity index (χ4v) is 4.64. The van der Waals surface area contributed by atoms with Gasteiger partial charge in [0.25, 0.3) is 0 Å². The third kappa shape index (κ3) is 6.03. The fraction of sp³-hybridized carbons (Fsp3) is 0.115. The molecule has 0 saturated carbocycles. The van der Waals surface area contributed by atoms with Crippen molar-refractivity contribution >= 4 is 22.4 Å². The molecule has 0 aliphatic heterocycles. The molecule has 3 aromatic carbocycles. The predicted molar refractivity (Wildman–Crippen MR) is 127 cm³/mol. The van der Waals surface area contributed by atoms with E-state index in [1.807, 2.05) is 108 Å². The summed E-state index contributed by atoms with van der Waals surface area (Å²) in [6.45, 7) is 0. The minimum Gasteiger partial charge on any atom is -0.326 e. The molecule has 5 heteroatoms. The summed E-state index contributed by atoms with van der Waals surface area (Å²) in [5.41, 5.74) is 4.75. The van der Waals surface area contributed by atoms with Crippen LogP contribution in [0.3, 0.4) is 0 Å². The molecule has 4 rings (SSSR count). The van der Waals surface area contributed by atoms with Crippen LogP contribution in [-0.2, 0) is 33.5 Å². The van der Waals surface area contributed by atoms with Crippen molar-refractivity contribution in [3.05, 3.63) is 120 Å². The Morgan fingerprint density at radius 2 is 1.42 bits per heavy atom. The second kappa shape index (κ2) is 10.0. The van der Waals surface area contributed by atoms with Crippen LogP contribution in [0.25, 0.3) is 5.69 Å². The summed E-state index contributed by atoms with van der Waals surface area (Å²) in [5, 5.41) is 2.95. The van der Waals surface area contributed by atoms with Gasteiger partial charge in [0.2, 0.25) is 5.91 Å². The maximum atomic E-state index is 12.5. The lowest BCUT2D eigenvalue weighted by molar-refractivity contribution is -0.115. The van der Waals surface area contributed by atoms with Crippen molar-refractivity contribution < 1.29 is 9.00 Å². The second-order valence-corrected chi connectivity index (χ2v) is 8.85. The van der Waals surface area contributed by atoms with Gasteiger partial charge in [-0.3, -0.25) is 9.00 Å². The van der Waals surface area contributed by atoms with Crippen LogP contribution in [0.15, 0.2) is 103 Å². The quantitative estimate of drug-likeness (QED) is 0.424. The van der Waals surface area contributed by atoms with Gasteiger partial charge in [0.05, 0.1) is 6.42 Å². The SMILES string of the molecule is O=C(Cc1ccc(-n2cccc2)cc1)Nc1cccc(CS(=O)Cc2ccccc2)c1. The minimum atomic E-state index is -1.00. The summed E-state index contributed by atoms with van der Waals surface area (Å²) >= 11 is 0. The van der Waals surface area contributed by atoms with Gasteiger partial charge in [-0.15, -0.1) is 0 Å². The number of anilines is 1. The lowest BCUT2D eigenvalue weighted by Gasteiger charge is -2.09. The number of nitrogens with zero attached hydrogens (tertiary/aromatic N) is 1. The topological polar surface area (TPSA) is 51.1 Å². The van der Waals surface area contributed by atoms with Gasteiger partial charge in [-0.2, -0.15) is 0 Å². The van der Waals surface area contributed by atoms with Crippen molar-refractivity contribution in [1.29, 1.82) is 0 Å². The van der Waals surface area contributed by atoms with Crippen LogP contribution in [0.4, 0.5) is 5.69 Å². The molecule has 0 spiro atoms. The Labute approximate surface area is 185 Å². The van der Waals surface area contributed by atoms with E-state index in [2.05, 4.69) is 5.32 Å². The molecule has 0 fully saturated rings. The second-order valence-electron chi connectivity index (χ2n) is 7.40. The first-order valence-electron chi connectivity index (χ1n) is 10.2. The Morgan fingerprint density at radius 3 is 2.16 bits per heavy atom. The number of carbonyl (C=O) groups is 1. The number of nitrogens with one attached hydrogen (secondary N) is 1. The molecule has 1 unspecified atom stereocenters. The van der Waals surface area contributed by atoms with E-state index in [9.17, 15) is 9.00 Å². The number of aromatic nitrogens is 1. The summed E-state index contributed by atoms with van der Waals surface area (Å²) in [4.78, 5) is 12.5. The summed E-state index contributed by atoms with van der Waals surface area (Å²) in [7, 11) is -1.00. The summed E-state index contributed by atoms with van der Waals surface area (Å²) < 4.78 is 14.5. The number of amides is 1. The zero-order chi connectivity index (χ0) is 21.5. The van der Waals surface area contributed by atoms with Crippen LogP contribution in [0.1, 0.15) is 16.7 Å². The molecular weight excluding hydrogens is 404 g/mol. The number of benzene rings is 3. The highest BCUT2D eigenvalue weighted by Crippen LogP contribution is 2.16. The monoisotopic (exact) mass is 428 g/mol. The Morgan fingerprint density at radius 1 is 0.742 bits per heavy atom. The number of hydrogen-bond acceptors (Lipinski definition) is 2. The number of rotatable bonds is 8. The Bertz CT molecular complexity index is 1150. The molecule has 4 aromatic rings. The zero-order valence-corrected chi connectivity index (χ0v) is 17.9. The molecule has 0 bridgehead atoms. The van der Waals surface area contributed by atoms with Crippen LogP contribution >= 0.6 is 0 Å². The lowest BCUT2D eigenvalue weighted by atomic mass is 10.1. The van der Waals surface area contributed by atoms with Gasteiger partial charge in [0.15, 0.2) is 0 Å². The first-order chi connectivity index (χ1) is 15.2. The first-order valence-corrected chi connectivity index (χ1v) is 11.6.